The van der Waals surface area contributed by atoms with Gasteiger partial charge in [-0.3, -0.25) is 14.4 Å². The molecule has 0 unspecified atom stereocenters. The number of amides is 3. The maximum Gasteiger partial charge on any atom is 0.266 e. The predicted molar refractivity (Wildman–Crippen MR) is 105 cm³/mol. The van der Waals surface area contributed by atoms with Crippen molar-refractivity contribution in [2.45, 2.75) is 12.8 Å². The van der Waals surface area contributed by atoms with Gasteiger partial charge in [0.2, 0.25) is 5.91 Å². The fraction of sp³-hybridized carbons (Fsp3) is 0.0952. The molecule has 0 saturated heterocycles. The van der Waals surface area contributed by atoms with Gasteiger partial charge in [-0.15, -0.1) is 11.3 Å². The summed E-state index contributed by atoms with van der Waals surface area (Å²) in [6, 6.07) is 17.5. The monoisotopic (exact) mass is 376 g/mol. The van der Waals surface area contributed by atoms with E-state index in [-0.39, 0.29) is 17.7 Å². The van der Waals surface area contributed by atoms with Gasteiger partial charge < -0.3 is 5.32 Å². The van der Waals surface area contributed by atoms with Crippen molar-refractivity contribution < 1.29 is 14.4 Å². The zero-order valence-corrected chi connectivity index (χ0v) is 15.2. The van der Waals surface area contributed by atoms with Gasteiger partial charge in [0.1, 0.15) is 0 Å². The maximum atomic E-state index is 12.5. The summed E-state index contributed by atoms with van der Waals surface area (Å²) in [7, 11) is 0. The van der Waals surface area contributed by atoms with E-state index in [0.717, 1.165) is 4.90 Å². The molecule has 0 saturated carbocycles. The lowest BCUT2D eigenvalue weighted by Crippen LogP contribution is -2.29. The van der Waals surface area contributed by atoms with Crippen molar-refractivity contribution in [1.29, 1.82) is 0 Å². The first-order chi connectivity index (χ1) is 13.1. The molecule has 27 heavy (non-hydrogen) atoms. The Bertz CT molecular complexity index is 975. The van der Waals surface area contributed by atoms with Crippen LogP contribution in [0.4, 0.5) is 11.4 Å². The predicted octanol–water partition coefficient (Wildman–Crippen LogP) is 4.12. The van der Waals surface area contributed by atoms with Crippen LogP contribution >= 0.6 is 11.3 Å². The summed E-state index contributed by atoms with van der Waals surface area (Å²) in [4.78, 5) is 39.4. The average Bonchev–Trinajstić information content (AvgIpc) is 3.29. The third-order valence-electron chi connectivity index (χ3n) is 4.38. The van der Waals surface area contributed by atoms with E-state index in [1.54, 1.807) is 59.9 Å². The van der Waals surface area contributed by atoms with E-state index in [0.29, 0.717) is 35.3 Å². The van der Waals surface area contributed by atoms with Crippen molar-refractivity contribution in [3.05, 3.63) is 82.0 Å². The van der Waals surface area contributed by atoms with Crippen molar-refractivity contribution in [3.8, 4) is 0 Å². The van der Waals surface area contributed by atoms with Gasteiger partial charge >= 0.3 is 0 Å². The number of nitrogens with zero attached hydrogens (tertiary/aromatic N) is 1. The molecule has 3 amide bonds. The Labute approximate surface area is 160 Å². The molecule has 0 atom stereocenters. The molecule has 0 bridgehead atoms. The first-order valence-electron chi connectivity index (χ1n) is 8.53. The number of thiophene rings is 1. The second-order valence-corrected chi connectivity index (χ2v) is 7.20. The van der Waals surface area contributed by atoms with Crippen LogP contribution in [-0.4, -0.2) is 17.7 Å². The number of rotatable bonds is 5. The first-order valence-corrected chi connectivity index (χ1v) is 9.41. The zero-order valence-electron chi connectivity index (χ0n) is 14.3. The Morgan fingerprint density at radius 2 is 1.56 bits per heavy atom. The summed E-state index contributed by atoms with van der Waals surface area (Å²) < 4.78 is 0. The fourth-order valence-electron chi connectivity index (χ4n) is 3.03. The standard InChI is InChI=1S/C21H16N2O3S/c24-19(12-11-16-4-3-13-27-16)22-14-7-9-15(10-8-14)23-20(25)17-5-1-2-6-18(17)21(23)26/h1-10,13H,11-12H2,(H,22,24). The molecule has 6 heteroatoms. The van der Waals surface area contributed by atoms with E-state index in [4.69, 9.17) is 0 Å². The third-order valence-corrected chi connectivity index (χ3v) is 5.32. The molecule has 1 aliphatic rings. The average molecular weight is 376 g/mol. The van der Waals surface area contributed by atoms with Crippen LogP contribution in [0.1, 0.15) is 32.0 Å². The SMILES string of the molecule is O=C(CCc1cccs1)Nc1ccc(N2C(=O)c3ccccc3C2=O)cc1. The van der Waals surface area contributed by atoms with Gasteiger partial charge in [0.05, 0.1) is 16.8 Å². The smallest absolute Gasteiger partial charge is 0.266 e. The van der Waals surface area contributed by atoms with Crippen LogP contribution < -0.4 is 10.2 Å². The summed E-state index contributed by atoms with van der Waals surface area (Å²) >= 11 is 1.63. The number of hydrogen-bond donors (Lipinski definition) is 1. The van der Waals surface area contributed by atoms with Crippen molar-refractivity contribution in [2.24, 2.45) is 0 Å². The molecule has 0 spiro atoms. The highest BCUT2D eigenvalue weighted by Crippen LogP contribution is 2.29. The molecule has 3 aromatic rings. The molecule has 1 aliphatic heterocycles. The second-order valence-electron chi connectivity index (χ2n) is 6.17. The Balaban J connectivity index is 1.43. The van der Waals surface area contributed by atoms with Crippen LogP contribution in [0.5, 0.6) is 0 Å². The van der Waals surface area contributed by atoms with Crippen molar-refractivity contribution in [2.75, 3.05) is 10.2 Å². The number of nitrogens with one attached hydrogen (secondary N) is 1. The topological polar surface area (TPSA) is 66.5 Å². The second kappa shape index (κ2) is 7.17. The summed E-state index contributed by atoms with van der Waals surface area (Å²) in [5, 5.41) is 4.83. The van der Waals surface area contributed by atoms with Gasteiger partial charge in [0.25, 0.3) is 11.8 Å². The molecular formula is C21H16N2O3S. The van der Waals surface area contributed by atoms with Gasteiger partial charge in [-0.25, -0.2) is 4.90 Å². The van der Waals surface area contributed by atoms with Crippen molar-refractivity contribution >= 4 is 40.4 Å². The first kappa shape index (κ1) is 17.2. The van der Waals surface area contributed by atoms with Crippen LogP contribution in [-0.2, 0) is 11.2 Å². The largest absolute Gasteiger partial charge is 0.326 e. The van der Waals surface area contributed by atoms with Gasteiger partial charge in [-0.2, -0.15) is 0 Å². The van der Waals surface area contributed by atoms with Gasteiger partial charge in [0.15, 0.2) is 0 Å². The molecule has 0 aliphatic carbocycles. The number of aryl methyl sites for hydroxylation is 1. The minimum Gasteiger partial charge on any atom is -0.326 e. The summed E-state index contributed by atoms with van der Waals surface area (Å²) in [5.74, 6) is -0.733. The number of benzene rings is 2. The lowest BCUT2D eigenvalue weighted by atomic mass is 10.1. The number of anilines is 2. The lowest BCUT2D eigenvalue weighted by Gasteiger charge is -2.14. The fourth-order valence-corrected chi connectivity index (χ4v) is 3.74. The van der Waals surface area contributed by atoms with Gasteiger partial charge in [0, 0.05) is 17.0 Å². The van der Waals surface area contributed by atoms with E-state index in [2.05, 4.69) is 5.32 Å². The number of carbonyl (C=O) groups excluding carboxylic acids is 3. The zero-order chi connectivity index (χ0) is 18.8. The van der Waals surface area contributed by atoms with E-state index >= 15 is 0 Å². The lowest BCUT2D eigenvalue weighted by molar-refractivity contribution is -0.116. The Kier molecular flexibility index (Phi) is 4.56. The van der Waals surface area contributed by atoms with Crippen LogP contribution in [0.25, 0.3) is 0 Å². The number of imide groups is 1. The highest BCUT2D eigenvalue weighted by molar-refractivity contribution is 7.09. The van der Waals surface area contributed by atoms with Gasteiger partial charge in [-0.05, 0) is 54.3 Å². The van der Waals surface area contributed by atoms with E-state index in [1.165, 1.54) is 4.88 Å². The van der Waals surface area contributed by atoms with E-state index in [1.807, 2.05) is 17.5 Å². The molecule has 0 fully saturated rings. The van der Waals surface area contributed by atoms with Crippen LogP contribution in [0.2, 0.25) is 0 Å². The molecule has 134 valence electrons. The molecule has 1 aromatic heterocycles. The molecule has 0 radical (unpaired) electrons. The molecular weight excluding hydrogens is 360 g/mol. The minimum absolute atomic E-state index is 0.0723. The molecule has 2 heterocycles. The summed E-state index contributed by atoms with van der Waals surface area (Å²) in [6.45, 7) is 0. The molecule has 4 rings (SSSR count). The molecule has 2 aromatic carbocycles. The third kappa shape index (κ3) is 3.39. The normalized spacial score (nSPS) is 13.0. The van der Waals surface area contributed by atoms with E-state index in [9.17, 15) is 14.4 Å². The Morgan fingerprint density at radius 1 is 0.889 bits per heavy atom. The molecule has 5 nitrogen and oxygen atoms in total. The Morgan fingerprint density at radius 3 is 2.15 bits per heavy atom. The van der Waals surface area contributed by atoms with Crippen molar-refractivity contribution in [3.63, 3.8) is 0 Å². The number of fused-ring (bicyclic) bond motifs is 1. The van der Waals surface area contributed by atoms with Crippen LogP contribution in [0.15, 0.2) is 66.0 Å². The Hall–Kier alpha value is -3.25. The van der Waals surface area contributed by atoms with Gasteiger partial charge in [-0.1, -0.05) is 18.2 Å². The highest BCUT2D eigenvalue weighted by Gasteiger charge is 2.36. The molecule has 1 N–H and O–H groups in total. The van der Waals surface area contributed by atoms with Crippen molar-refractivity contribution in [1.82, 2.24) is 0 Å². The van der Waals surface area contributed by atoms with Crippen LogP contribution in [0.3, 0.4) is 0 Å². The number of carbonyl (C=O) groups is 3. The van der Waals surface area contributed by atoms with Crippen LogP contribution in [0, 0.1) is 0 Å². The maximum absolute atomic E-state index is 12.5. The summed E-state index contributed by atoms with van der Waals surface area (Å²) in [6.07, 6.45) is 1.11. The summed E-state index contributed by atoms with van der Waals surface area (Å²) in [5.41, 5.74) is 1.94. The van der Waals surface area contributed by atoms with E-state index < -0.39 is 0 Å². The quantitative estimate of drug-likeness (QED) is 0.681. The highest BCUT2D eigenvalue weighted by atomic mass is 32.1. The minimum atomic E-state index is -0.330. The number of hydrogen-bond acceptors (Lipinski definition) is 4.